The molecule has 0 unspecified atom stereocenters. The first-order chi connectivity index (χ1) is 11.7. The smallest absolute Gasteiger partial charge is 0.255 e. The first-order valence-electron chi connectivity index (χ1n) is 7.39. The molecule has 5 nitrogen and oxygen atoms in total. The van der Waals surface area contributed by atoms with E-state index in [1.54, 1.807) is 67.9 Å². The molecule has 0 aliphatic heterocycles. The maximum absolute atomic E-state index is 12.4. The van der Waals surface area contributed by atoms with E-state index in [-0.39, 0.29) is 5.91 Å². The lowest BCUT2D eigenvalue weighted by Crippen LogP contribution is -2.11. The van der Waals surface area contributed by atoms with Crippen LogP contribution in [0.5, 0.6) is 17.4 Å². The van der Waals surface area contributed by atoms with Gasteiger partial charge in [0.15, 0.2) is 0 Å². The number of hydrogen-bond acceptors (Lipinski definition) is 4. The fourth-order valence-electron chi connectivity index (χ4n) is 2.11. The Morgan fingerprint density at radius 1 is 0.958 bits per heavy atom. The van der Waals surface area contributed by atoms with Gasteiger partial charge in [0, 0.05) is 23.5 Å². The lowest BCUT2D eigenvalue weighted by atomic mass is 10.2. The Balaban J connectivity index is 1.71. The minimum Gasteiger partial charge on any atom is -0.497 e. The van der Waals surface area contributed by atoms with Crippen LogP contribution in [0.1, 0.15) is 10.4 Å². The normalized spacial score (nSPS) is 10.0. The van der Waals surface area contributed by atoms with E-state index >= 15 is 0 Å². The highest BCUT2D eigenvalue weighted by molar-refractivity contribution is 6.04. The minimum atomic E-state index is -0.216. The number of benzene rings is 2. The largest absolute Gasteiger partial charge is 0.497 e. The van der Waals surface area contributed by atoms with E-state index in [0.29, 0.717) is 22.9 Å². The number of methoxy groups -OCH3 is 1. The average molecular weight is 320 g/mol. The number of nitrogens with zero attached hydrogens (tertiary/aromatic N) is 1. The molecule has 0 atom stereocenters. The molecule has 2 aromatic carbocycles. The highest BCUT2D eigenvalue weighted by Crippen LogP contribution is 2.21. The first kappa shape index (κ1) is 15.6. The van der Waals surface area contributed by atoms with Crippen LogP contribution in [0.3, 0.4) is 0 Å². The molecule has 0 saturated heterocycles. The van der Waals surface area contributed by atoms with Crippen molar-refractivity contribution in [2.75, 3.05) is 12.4 Å². The van der Waals surface area contributed by atoms with Gasteiger partial charge in [-0.05, 0) is 48.5 Å². The van der Waals surface area contributed by atoms with E-state index < -0.39 is 0 Å². The highest BCUT2D eigenvalue weighted by Gasteiger charge is 2.08. The van der Waals surface area contributed by atoms with Gasteiger partial charge in [0.1, 0.15) is 11.5 Å². The van der Waals surface area contributed by atoms with Gasteiger partial charge in [-0.2, -0.15) is 0 Å². The predicted octanol–water partition coefficient (Wildman–Crippen LogP) is 4.13. The third kappa shape index (κ3) is 3.89. The lowest BCUT2D eigenvalue weighted by molar-refractivity contribution is 0.102. The summed E-state index contributed by atoms with van der Waals surface area (Å²) in [6, 6.07) is 19.5. The van der Waals surface area contributed by atoms with Gasteiger partial charge in [-0.25, -0.2) is 4.98 Å². The molecule has 1 amide bonds. The van der Waals surface area contributed by atoms with Crippen molar-refractivity contribution in [2.24, 2.45) is 0 Å². The molecule has 1 heterocycles. The first-order valence-corrected chi connectivity index (χ1v) is 7.39. The van der Waals surface area contributed by atoms with Gasteiger partial charge in [0.05, 0.1) is 7.11 Å². The number of nitrogens with one attached hydrogen (secondary N) is 1. The zero-order valence-corrected chi connectivity index (χ0v) is 13.1. The molecule has 0 bridgehead atoms. The molecule has 0 radical (unpaired) electrons. The van der Waals surface area contributed by atoms with Gasteiger partial charge < -0.3 is 14.8 Å². The van der Waals surface area contributed by atoms with Crippen LogP contribution in [0.4, 0.5) is 5.69 Å². The fourth-order valence-corrected chi connectivity index (χ4v) is 2.11. The number of ether oxygens (including phenoxy) is 2. The molecule has 24 heavy (non-hydrogen) atoms. The summed E-state index contributed by atoms with van der Waals surface area (Å²) >= 11 is 0. The fraction of sp³-hybridized carbons (Fsp3) is 0.0526. The predicted molar refractivity (Wildman–Crippen MR) is 91.7 cm³/mol. The van der Waals surface area contributed by atoms with Crippen molar-refractivity contribution in [3.8, 4) is 17.4 Å². The quantitative estimate of drug-likeness (QED) is 0.767. The lowest BCUT2D eigenvalue weighted by Gasteiger charge is -2.08. The minimum absolute atomic E-state index is 0.216. The molecule has 0 saturated carbocycles. The Kier molecular flexibility index (Phi) is 4.72. The van der Waals surface area contributed by atoms with Gasteiger partial charge in [-0.15, -0.1) is 0 Å². The van der Waals surface area contributed by atoms with Crippen LogP contribution in [0.15, 0.2) is 72.9 Å². The topological polar surface area (TPSA) is 60.5 Å². The number of hydrogen-bond donors (Lipinski definition) is 1. The number of amides is 1. The Morgan fingerprint density at radius 2 is 1.79 bits per heavy atom. The molecule has 120 valence electrons. The molecular weight excluding hydrogens is 304 g/mol. The number of pyridine rings is 1. The van der Waals surface area contributed by atoms with Gasteiger partial charge in [-0.1, -0.05) is 12.1 Å². The number of anilines is 1. The van der Waals surface area contributed by atoms with E-state index in [0.717, 1.165) is 5.75 Å². The second-order valence-electron chi connectivity index (χ2n) is 4.98. The maximum Gasteiger partial charge on any atom is 0.255 e. The third-order valence-electron chi connectivity index (χ3n) is 3.30. The number of carbonyl (C=O) groups excluding carboxylic acids is 1. The standard InChI is InChI=1S/C19H16N2O3/c1-23-16-10-8-15(9-11-16)21-19(22)14-5-4-6-17(13-14)24-18-7-2-3-12-20-18/h2-13H,1H3,(H,21,22). The SMILES string of the molecule is COc1ccc(NC(=O)c2cccc(Oc3ccccn3)c2)cc1. The second kappa shape index (κ2) is 7.28. The summed E-state index contributed by atoms with van der Waals surface area (Å²) in [5, 5.41) is 2.83. The molecule has 1 N–H and O–H groups in total. The van der Waals surface area contributed by atoms with E-state index in [1.807, 2.05) is 12.1 Å². The molecule has 3 aromatic rings. The summed E-state index contributed by atoms with van der Waals surface area (Å²) in [5.74, 6) is 1.55. The third-order valence-corrected chi connectivity index (χ3v) is 3.30. The highest BCUT2D eigenvalue weighted by atomic mass is 16.5. The monoisotopic (exact) mass is 320 g/mol. The van der Waals surface area contributed by atoms with Crippen LogP contribution in [-0.4, -0.2) is 18.0 Å². The van der Waals surface area contributed by atoms with Crippen LogP contribution >= 0.6 is 0 Å². The van der Waals surface area contributed by atoms with E-state index in [2.05, 4.69) is 10.3 Å². The molecule has 0 spiro atoms. The van der Waals surface area contributed by atoms with Gasteiger partial charge in [0.2, 0.25) is 5.88 Å². The average Bonchev–Trinajstić information content (AvgIpc) is 2.63. The van der Waals surface area contributed by atoms with Crippen molar-refractivity contribution in [1.82, 2.24) is 4.98 Å². The Bertz CT molecular complexity index is 818. The van der Waals surface area contributed by atoms with Crippen LogP contribution in [0, 0.1) is 0 Å². The van der Waals surface area contributed by atoms with Crippen molar-refractivity contribution in [3.63, 3.8) is 0 Å². The molecular formula is C19H16N2O3. The summed E-state index contributed by atoms with van der Waals surface area (Å²) in [5.41, 5.74) is 1.19. The van der Waals surface area contributed by atoms with Crippen LogP contribution in [-0.2, 0) is 0 Å². The zero-order chi connectivity index (χ0) is 16.8. The Hall–Kier alpha value is -3.34. The van der Waals surface area contributed by atoms with E-state index in [4.69, 9.17) is 9.47 Å². The van der Waals surface area contributed by atoms with Crippen molar-refractivity contribution in [2.45, 2.75) is 0 Å². The molecule has 0 aliphatic rings. The van der Waals surface area contributed by atoms with Crippen molar-refractivity contribution >= 4 is 11.6 Å². The van der Waals surface area contributed by atoms with E-state index in [9.17, 15) is 4.79 Å². The molecule has 0 fully saturated rings. The zero-order valence-electron chi connectivity index (χ0n) is 13.1. The van der Waals surface area contributed by atoms with Crippen molar-refractivity contribution in [1.29, 1.82) is 0 Å². The summed E-state index contributed by atoms with van der Waals surface area (Å²) in [4.78, 5) is 16.5. The van der Waals surface area contributed by atoms with Crippen LogP contribution in [0.2, 0.25) is 0 Å². The molecule has 0 aliphatic carbocycles. The molecule has 3 rings (SSSR count). The Labute approximate surface area is 139 Å². The van der Waals surface area contributed by atoms with Gasteiger partial charge in [0.25, 0.3) is 5.91 Å². The van der Waals surface area contributed by atoms with Gasteiger partial charge in [-0.3, -0.25) is 4.79 Å². The molecule has 5 heteroatoms. The van der Waals surface area contributed by atoms with Crippen molar-refractivity contribution < 1.29 is 14.3 Å². The number of rotatable bonds is 5. The maximum atomic E-state index is 12.4. The number of aromatic nitrogens is 1. The van der Waals surface area contributed by atoms with Gasteiger partial charge >= 0.3 is 0 Å². The van der Waals surface area contributed by atoms with Crippen LogP contribution in [0.25, 0.3) is 0 Å². The van der Waals surface area contributed by atoms with E-state index in [1.165, 1.54) is 0 Å². The summed E-state index contributed by atoms with van der Waals surface area (Å²) in [7, 11) is 1.60. The second-order valence-corrected chi connectivity index (χ2v) is 4.98. The summed E-state index contributed by atoms with van der Waals surface area (Å²) in [6.45, 7) is 0. The number of carbonyl (C=O) groups is 1. The van der Waals surface area contributed by atoms with Crippen LogP contribution < -0.4 is 14.8 Å². The Morgan fingerprint density at radius 3 is 2.50 bits per heavy atom. The summed E-state index contributed by atoms with van der Waals surface area (Å²) in [6.07, 6.45) is 1.65. The summed E-state index contributed by atoms with van der Waals surface area (Å²) < 4.78 is 10.7. The molecule has 1 aromatic heterocycles. The van der Waals surface area contributed by atoms with Crippen molar-refractivity contribution in [3.05, 3.63) is 78.5 Å².